The standard InChI is InChI=1S/C19H12N2O/c22-19(15-5-1-9-17-13(15)7-3-11-20-17)16-6-2-10-18-14(16)8-4-12-21-18/h1-12H. The maximum atomic E-state index is 13.0. The number of carbonyl (C=O) groups excluding carboxylic acids is 1. The smallest absolute Gasteiger partial charge is 0.194 e. The quantitative estimate of drug-likeness (QED) is 0.522. The van der Waals surface area contributed by atoms with Crippen molar-refractivity contribution in [3.05, 3.63) is 84.2 Å². The van der Waals surface area contributed by atoms with Gasteiger partial charge in [-0.3, -0.25) is 14.8 Å². The SMILES string of the molecule is O=C(c1cccc2ncccc12)c1cccc2ncccc12. The van der Waals surface area contributed by atoms with Crippen molar-refractivity contribution in [3.8, 4) is 0 Å². The average Bonchev–Trinajstić information content (AvgIpc) is 2.60. The molecule has 0 aliphatic rings. The molecule has 0 spiro atoms. The normalized spacial score (nSPS) is 10.9. The first kappa shape index (κ1) is 12.7. The summed E-state index contributed by atoms with van der Waals surface area (Å²) in [6, 6.07) is 18.8. The van der Waals surface area contributed by atoms with Gasteiger partial charge in [-0.2, -0.15) is 0 Å². The monoisotopic (exact) mass is 284 g/mol. The molecule has 0 unspecified atom stereocenters. The maximum Gasteiger partial charge on any atom is 0.194 e. The number of pyridine rings is 2. The third-order valence-electron chi connectivity index (χ3n) is 3.78. The molecule has 0 saturated heterocycles. The Morgan fingerprint density at radius 3 is 1.64 bits per heavy atom. The highest BCUT2D eigenvalue weighted by atomic mass is 16.1. The van der Waals surface area contributed by atoms with E-state index in [1.807, 2.05) is 60.7 Å². The van der Waals surface area contributed by atoms with Gasteiger partial charge in [0.15, 0.2) is 5.78 Å². The van der Waals surface area contributed by atoms with Crippen molar-refractivity contribution in [1.82, 2.24) is 9.97 Å². The van der Waals surface area contributed by atoms with Gasteiger partial charge < -0.3 is 0 Å². The van der Waals surface area contributed by atoms with Crippen LogP contribution in [0.15, 0.2) is 73.1 Å². The Labute approximate surface area is 127 Å². The second kappa shape index (κ2) is 5.04. The third-order valence-corrected chi connectivity index (χ3v) is 3.78. The highest BCUT2D eigenvalue weighted by Gasteiger charge is 2.15. The minimum Gasteiger partial charge on any atom is -0.289 e. The van der Waals surface area contributed by atoms with E-state index in [0.29, 0.717) is 11.1 Å². The van der Waals surface area contributed by atoms with Crippen molar-refractivity contribution in [2.45, 2.75) is 0 Å². The van der Waals surface area contributed by atoms with Gasteiger partial charge in [0, 0.05) is 34.3 Å². The number of hydrogen-bond acceptors (Lipinski definition) is 3. The molecule has 2 heterocycles. The molecule has 2 aromatic heterocycles. The zero-order valence-electron chi connectivity index (χ0n) is 11.7. The van der Waals surface area contributed by atoms with Crippen LogP contribution in [0.25, 0.3) is 21.8 Å². The van der Waals surface area contributed by atoms with Crippen molar-refractivity contribution < 1.29 is 4.79 Å². The van der Waals surface area contributed by atoms with Crippen LogP contribution < -0.4 is 0 Å². The molecule has 3 heteroatoms. The van der Waals surface area contributed by atoms with Crippen molar-refractivity contribution in [2.24, 2.45) is 0 Å². The van der Waals surface area contributed by atoms with Crippen LogP contribution in [0.5, 0.6) is 0 Å². The average molecular weight is 284 g/mol. The van der Waals surface area contributed by atoms with Gasteiger partial charge in [-0.15, -0.1) is 0 Å². The van der Waals surface area contributed by atoms with Crippen molar-refractivity contribution >= 4 is 27.6 Å². The van der Waals surface area contributed by atoms with Crippen LogP contribution in [0.1, 0.15) is 15.9 Å². The number of fused-ring (bicyclic) bond motifs is 2. The molecule has 0 aliphatic carbocycles. The minimum absolute atomic E-state index is 0.00259. The first-order valence-corrected chi connectivity index (χ1v) is 7.07. The summed E-state index contributed by atoms with van der Waals surface area (Å²) in [4.78, 5) is 21.7. The number of carbonyl (C=O) groups is 1. The summed E-state index contributed by atoms with van der Waals surface area (Å²) in [6.07, 6.45) is 3.47. The number of aromatic nitrogens is 2. The molecular weight excluding hydrogens is 272 g/mol. The Kier molecular flexibility index (Phi) is 2.90. The summed E-state index contributed by atoms with van der Waals surface area (Å²) in [7, 11) is 0. The number of nitrogens with zero attached hydrogens (tertiary/aromatic N) is 2. The Morgan fingerprint density at radius 2 is 1.14 bits per heavy atom. The lowest BCUT2D eigenvalue weighted by molar-refractivity contribution is 0.104. The van der Waals surface area contributed by atoms with E-state index in [9.17, 15) is 4.79 Å². The predicted octanol–water partition coefficient (Wildman–Crippen LogP) is 4.01. The highest BCUT2D eigenvalue weighted by Crippen LogP contribution is 2.24. The second-order valence-corrected chi connectivity index (χ2v) is 5.08. The van der Waals surface area contributed by atoms with Crippen molar-refractivity contribution in [2.75, 3.05) is 0 Å². The largest absolute Gasteiger partial charge is 0.289 e. The first-order valence-electron chi connectivity index (χ1n) is 7.07. The zero-order chi connectivity index (χ0) is 14.9. The molecule has 0 atom stereocenters. The van der Waals surface area contributed by atoms with E-state index in [4.69, 9.17) is 0 Å². The molecule has 0 bridgehead atoms. The van der Waals surface area contributed by atoms with E-state index < -0.39 is 0 Å². The molecule has 104 valence electrons. The molecule has 0 radical (unpaired) electrons. The molecule has 4 rings (SSSR count). The van der Waals surface area contributed by atoms with Gasteiger partial charge in [0.2, 0.25) is 0 Å². The molecule has 0 aliphatic heterocycles. The van der Waals surface area contributed by atoms with Crippen LogP contribution in [-0.4, -0.2) is 15.8 Å². The molecule has 3 nitrogen and oxygen atoms in total. The van der Waals surface area contributed by atoms with Crippen LogP contribution in [0.4, 0.5) is 0 Å². The summed E-state index contributed by atoms with van der Waals surface area (Å²) in [6.45, 7) is 0. The molecular formula is C19H12N2O. The molecule has 0 saturated carbocycles. The zero-order valence-corrected chi connectivity index (χ0v) is 11.7. The Morgan fingerprint density at radius 1 is 0.636 bits per heavy atom. The summed E-state index contributed by atoms with van der Waals surface area (Å²) in [5.74, 6) is -0.00259. The summed E-state index contributed by atoms with van der Waals surface area (Å²) in [5, 5.41) is 1.74. The molecule has 0 amide bonds. The fourth-order valence-corrected chi connectivity index (χ4v) is 2.75. The number of ketones is 1. The van der Waals surface area contributed by atoms with Crippen LogP contribution in [0.2, 0.25) is 0 Å². The third kappa shape index (κ3) is 1.95. The Hall–Kier alpha value is -3.07. The van der Waals surface area contributed by atoms with Gasteiger partial charge in [-0.25, -0.2) is 0 Å². The fraction of sp³-hybridized carbons (Fsp3) is 0. The minimum atomic E-state index is -0.00259. The Bertz CT molecular complexity index is 916. The van der Waals surface area contributed by atoms with Gasteiger partial charge in [0.1, 0.15) is 0 Å². The van der Waals surface area contributed by atoms with Gasteiger partial charge in [0.25, 0.3) is 0 Å². The lowest BCUT2D eigenvalue weighted by atomic mass is 9.96. The van der Waals surface area contributed by atoms with Crippen molar-refractivity contribution in [3.63, 3.8) is 0 Å². The summed E-state index contributed by atoms with van der Waals surface area (Å²) >= 11 is 0. The van der Waals surface area contributed by atoms with E-state index in [-0.39, 0.29) is 5.78 Å². The maximum absolute atomic E-state index is 13.0. The fourth-order valence-electron chi connectivity index (χ4n) is 2.75. The summed E-state index contributed by atoms with van der Waals surface area (Å²) < 4.78 is 0. The van der Waals surface area contributed by atoms with Crippen LogP contribution in [0, 0.1) is 0 Å². The van der Waals surface area contributed by atoms with Gasteiger partial charge in [-0.05, 0) is 24.3 Å². The van der Waals surface area contributed by atoms with E-state index in [2.05, 4.69) is 9.97 Å². The topological polar surface area (TPSA) is 42.9 Å². The molecule has 4 aromatic rings. The molecule has 22 heavy (non-hydrogen) atoms. The number of hydrogen-bond donors (Lipinski definition) is 0. The second-order valence-electron chi connectivity index (χ2n) is 5.08. The van der Waals surface area contributed by atoms with Crippen LogP contribution in [0.3, 0.4) is 0 Å². The predicted molar refractivity (Wildman–Crippen MR) is 86.9 cm³/mol. The van der Waals surface area contributed by atoms with Crippen LogP contribution in [-0.2, 0) is 0 Å². The Balaban J connectivity index is 1.97. The van der Waals surface area contributed by atoms with Gasteiger partial charge >= 0.3 is 0 Å². The first-order chi connectivity index (χ1) is 10.8. The molecule has 0 fully saturated rings. The molecule has 2 aromatic carbocycles. The lowest BCUT2D eigenvalue weighted by Gasteiger charge is -2.07. The van der Waals surface area contributed by atoms with E-state index in [1.165, 1.54) is 0 Å². The van der Waals surface area contributed by atoms with E-state index in [0.717, 1.165) is 21.8 Å². The lowest BCUT2D eigenvalue weighted by Crippen LogP contribution is -2.03. The van der Waals surface area contributed by atoms with E-state index >= 15 is 0 Å². The summed E-state index contributed by atoms with van der Waals surface area (Å²) in [5.41, 5.74) is 2.99. The number of rotatable bonds is 2. The molecule has 0 N–H and O–H groups in total. The highest BCUT2D eigenvalue weighted by molar-refractivity contribution is 6.20. The van der Waals surface area contributed by atoms with Crippen molar-refractivity contribution in [1.29, 1.82) is 0 Å². The van der Waals surface area contributed by atoms with Crippen LogP contribution >= 0.6 is 0 Å². The van der Waals surface area contributed by atoms with E-state index in [1.54, 1.807) is 12.4 Å². The number of benzene rings is 2. The van der Waals surface area contributed by atoms with Gasteiger partial charge in [0.05, 0.1) is 11.0 Å². The van der Waals surface area contributed by atoms with Gasteiger partial charge in [-0.1, -0.05) is 36.4 Å².